The Hall–Kier alpha value is -1.94. The maximum atomic E-state index is 10.7. The first-order valence-electron chi connectivity index (χ1n) is 6.98. The monoisotopic (exact) mass is 270 g/mol. The Bertz CT molecular complexity index is 627. The van der Waals surface area contributed by atoms with Gasteiger partial charge in [0.15, 0.2) is 0 Å². The minimum atomic E-state index is -0.686. The molecule has 0 saturated carbocycles. The number of nitrogens with zero attached hydrogens (tertiary/aromatic N) is 2. The largest absolute Gasteiger partial charge is 0.481 e. The number of pyridine rings is 1. The molecule has 1 aliphatic heterocycles. The van der Waals surface area contributed by atoms with Gasteiger partial charge in [0.1, 0.15) is 0 Å². The normalized spacial score (nSPS) is 19.5. The number of hydrogen-bond donors (Lipinski definition) is 1. The summed E-state index contributed by atoms with van der Waals surface area (Å²) in [5.74, 6) is -0.386. The second-order valence-corrected chi connectivity index (χ2v) is 5.52. The number of fused-ring (bicyclic) bond motifs is 1. The third kappa shape index (κ3) is 2.96. The third-order valence-electron chi connectivity index (χ3n) is 3.91. The summed E-state index contributed by atoms with van der Waals surface area (Å²) in [5.41, 5.74) is 2.28. The Morgan fingerprint density at radius 2 is 2.30 bits per heavy atom. The lowest BCUT2D eigenvalue weighted by Gasteiger charge is -2.16. The van der Waals surface area contributed by atoms with Gasteiger partial charge in [-0.2, -0.15) is 0 Å². The van der Waals surface area contributed by atoms with Crippen LogP contribution in [0.1, 0.15) is 18.4 Å². The molecular formula is C16H18N2O2. The summed E-state index contributed by atoms with van der Waals surface area (Å²) < 4.78 is 0. The fourth-order valence-corrected chi connectivity index (χ4v) is 2.95. The zero-order valence-corrected chi connectivity index (χ0v) is 11.3. The predicted molar refractivity (Wildman–Crippen MR) is 77.4 cm³/mol. The second-order valence-electron chi connectivity index (χ2n) is 5.52. The fraction of sp³-hybridized carbons (Fsp3) is 0.375. The van der Waals surface area contributed by atoms with Gasteiger partial charge in [-0.05, 0) is 42.6 Å². The lowest BCUT2D eigenvalue weighted by atomic mass is 10.1. The van der Waals surface area contributed by atoms with E-state index in [1.165, 1.54) is 5.56 Å². The molecule has 1 saturated heterocycles. The molecule has 3 rings (SSSR count). The minimum Gasteiger partial charge on any atom is -0.481 e. The van der Waals surface area contributed by atoms with Crippen molar-refractivity contribution < 1.29 is 9.90 Å². The van der Waals surface area contributed by atoms with Crippen LogP contribution in [0.3, 0.4) is 0 Å². The van der Waals surface area contributed by atoms with Crippen LogP contribution in [0.2, 0.25) is 0 Å². The quantitative estimate of drug-likeness (QED) is 0.927. The van der Waals surface area contributed by atoms with Crippen molar-refractivity contribution in [2.45, 2.75) is 19.4 Å². The van der Waals surface area contributed by atoms with Gasteiger partial charge in [0, 0.05) is 31.1 Å². The van der Waals surface area contributed by atoms with Crippen LogP contribution in [0.5, 0.6) is 0 Å². The number of likely N-dealkylation sites (tertiary alicyclic amines) is 1. The summed E-state index contributed by atoms with van der Waals surface area (Å²) in [5, 5.41) is 10.0. The molecule has 0 bridgehead atoms. The third-order valence-corrected chi connectivity index (χ3v) is 3.91. The molecule has 1 atom stereocenters. The van der Waals surface area contributed by atoms with E-state index in [0.29, 0.717) is 5.92 Å². The molecule has 104 valence electrons. The predicted octanol–water partition coefficient (Wildman–Crippen LogP) is 2.53. The number of aliphatic carboxylic acids is 1. The molecule has 2 heterocycles. The molecule has 1 unspecified atom stereocenters. The highest BCUT2D eigenvalue weighted by molar-refractivity contribution is 5.78. The van der Waals surface area contributed by atoms with E-state index in [2.05, 4.69) is 34.1 Å². The first-order chi connectivity index (χ1) is 9.70. The zero-order chi connectivity index (χ0) is 13.9. The molecule has 0 spiro atoms. The van der Waals surface area contributed by atoms with Gasteiger partial charge in [0.2, 0.25) is 0 Å². The van der Waals surface area contributed by atoms with Crippen LogP contribution in [0, 0.1) is 5.92 Å². The lowest BCUT2D eigenvalue weighted by Crippen LogP contribution is -2.20. The highest BCUT2D eigenvalue weighted by atomic mass is 16.4. The maximum Gasteiger partial charge on any atom is 0.303 e. The average Bonchev–Trinajstić information content (AvgIpc) is 2.85. The van der Waals surface area contributed by atoms with Crippen molar-refractivity contribution in [3.63, 3.8) is 0 Å². The maximum absolute atomic E-state index is 10.7. The van der Waals surface area contributed by atoms with E-state index in [1.54, 1.807) is 6.20 Å². The molecule has 4 heteroatoms. The summed E-state index contributed by atoms with van der Waals surface area (Å²) in [7, 11) is 0. The van der Waals surface area contributed by atoms with Gasteiger partial charge >= 0.3 is 5.97 Å². The Morgan fingerprint density at radius 1 is 1.40 bits per heavy atom. The molecule has 20 heavy (non-hydrogen) atoms. The van der Waals surface area contributed by atoms with E-state index >= 15 is 0 Å². The smallest absolute Gasteiger partial charge is 0.303 e. The van der Waals surface area contributed by atoms with E-state index in [4.69, 9.17) is 5.11 Å². The Balaban J connectivity index is 1.66. The van der Waals surface area contributed by atoms with Crippen molar-refractivity contribution in [2.75, 3.05) is 13.1 Å². The standard InChI is InChI=1S/C16H18N2O2/c19-16(20)9-13-5-7-18(11-13)10-12-3-4-15-14(8-12)2-1-6-17-15/h1-4,6,8,13H,5,7,9-11H2,(H,19,20). The molecule has 0 amide bonds. The van der Waals surface area contributed by atoms with E-state index < -0.39 is 5.97 Å². The number of carboxylic acid groups (broad SMARTS) is 1. The van der Waals surface area contributed by atoms with Crippen LogP contribution in [0.4, 0.5) is 0 Å². The molecule has 0 radical (unpaired) electrons. The molecule has 2 aromatic rings. The topological polar surface area (TPSA) is 53.4 Å². The van der Waals surface area contributed by atoms with Gasteiger partial charge in [0.25, 0.3) is 0 Å². The van der Waals surface area contributed by atoms with Crippen molar-refractivity contribution in [1.82, 2.24) is 9.88 Å². The van der Waals surface area contributed by atoms with Crippen molar-refractivity contribution >= 4 is 16.9 Å². The van der Waals surface area contributed by atoms with Gasteiger partial charge in [-0.1, -0.05) is 12.1 Å². The van der Waals surface area contributed by atoms with Crippen molar-refractivity contribution in [1.29, 1.82) is 0 Å². The lowest BCUT2D eigenvalue weighted by molar-refractivity contribution is -0.138. The first-order valence-corrected chi connectivity index (χ1v) is 6.98. The van der Waals surface area contributed by atoms with Crippen molar-refractivity contribution in [3.05, 3.63) is 42.1 Å². The molecule has 0 aliphatic carbocycles. The average molecular weight is 270 g/mol. The molecule has 1 aliphatic rings. The van der Waals surface area contributed by atoms with Gasteiger partial charge in [0.05, 0.1) is 5.52 Å². The van der Waals surface area contributed by atoms with E-state index in [9.17, 15) is 4.79 Å². The molecule has 1 N–H and O–H groups in total. The zero-order valence-electron chi connectivity index (χ0n) is 11.3. The van der Waals surface area contributed by atoms with Gasteiger partial charge in [-0.3, -0.25) is 14.7 Å². The van der Waals surface area contributed by atoms with Crippen LogP contribution in [0.15, 0.2) is 36.5 Å². The Labute approximate surface area is 118 Å². The molecule has 1 fully saturated rings. The molecule has 4 nitrogen and oxygen atoms in total. The number of hydrogen-bond acceptors (Lipinski definition) is 3. The van der Waals surface area contributed by atoms with Crippen molar-refractivity contribution in [2.24, 2.45) is 5.92 Å². The number of benzene rings is 1. The van der Waals surface area contributed by atoms with E-state index in [0.717, 1.165) is 37.0 Å². The van der Waals surface area contributed by atoms with Gasteiger partial charge in [-0.15, -0.1) is 0 Å². The molecule has 1 aromatic heterocycles. The van der Waals surface area contributed by atoms with Gasteiger partial charge in [-0.25, -0.2) is 0 Å². The van der Waals surface area contributed by atoms with Crippen LogP contribution in [-0.2, 0) is 11.3 Å². The van der Waals surface area contributed by atoms with Gasteiger partial charge < -0.3 is 5.11 Å². The fourth-order valence-electron chi connectivity index (χ4n) is 2.95. The second kappa shape index (κ2) is 5.59. The van der Waals surface area contributed by atoms with Crippen LogP contribution >= 0.6 is 0 Å². The van der Waals surface area contributed by atoms with E-state index in [1.807, 2.05) is 6.07 Å². The number of carbonyl (C=O) groups is 1. The number of carboxylic acids is 1. The van der Waals surface area contributed by atoms with E-state index in [-0.39, 0.29) is 6.42 Å². The summed E-state index contributed by atoms with van der Waals surface area (Å²) in [6.45, 7) is 2.77. The number of rotatable bonds is 4. The van der Waals surface area contributed by atoms with Crippen LogP contribution in [-0.4, -0.2) is 34.0 Å². The Kier molecular flexibility index (Phi) is 3.65. The summed E-state index contributed by atoms with van der Waals surface area (Å²) >= 11 is 0. The van der Waals surface area contributed by atoms with Crippen LogP contribution < -0.4 is 0 Å². The number of aromatic nitrogens is 1. The molecule has 1 aromatic carbocycles. The highest BCUT2D eigenvalue weighted by Crippen LogP contribution is 2.22. The summed E-state index contributed by atoms with van der Waals surface area (Å²) in [4.78, 5) is 17.4. The summed E-state index contributed by atoms with van der Waals surface area (Å²) in [6.07, 6.45) is 3.08. The van der Waals surface area contributed by atoms with Crippen molar-refractivity contribution in [3.8, 4) is 0 Å². The summed E-state index contributed by atoms with van der Waals surface area (Å²) in [6, 6.07) is 10.4. The highest BCUT2D eigenvalue weighted by Gasteiger charge is 2.24. The minimum absolute atomic E-state index is 0.290. The van der Waals surface area contributed by atoms with Crippen LogP contribution in [0.25, 0.3) is 10.9 Å². The molecular weight excluding hydrogens is 252 g/mol. The SMILES string of the molecule is O=C(O)CC1CCN(Cc2ccc3ncccc3c2)C1. The Morgan fingerprint density at radius 3 is 3.15 bits per heavy atom. The first kappa shape index (κ1) is 13.1.